The van der Waals surface area contributed by atoms with Crippen molar-refractivity contribution in [2.45, 2.75) is 96.9 Å². The summed E-state index contributed by atoms with van der Waals surface area (Å²) in [6.45, 7) is 10.6. The van der Waals surface area contributed by atoms with E-state index in [0.717, 1.165) is 0 Å². The Hall–Kier alpha value is -1.26. The molecule has 0 aliphatic carbocycles. The molecule has 6 N–H and O–H groups in total. The van der Waals surface area contributed by atoms with E-state index in [1.54, 1.807) is 20.8 Å². The van der Waals surface area contributed by atoms with Gasteiger partial charge in [-0.2, -0.15) is 0 Å². The van der Waals surface area contributed by atoms with Crippen molar-refractivity contribution >= 4 is 11.7 Å². The molecule has 9 heteroatoms. The van der Waals surface area contributed by atoms with Crippen molar-refractivity contribution in [3.63, 3.8) is 0 Å². The largest absolute Gasteiger partial charge is 0.459 e. The van der Waals surface area contributed by atoms with Crippen molar-refractivity contribution in [3.8, 4) is 0 Å². The number of rotatable bonds is 1. The van der Waals surface area contributed by atoms with Gasteiger partial charge in [0.15, 0.2) is 0 Å². The summed E-state index contributed by atoms with van der Waals surface area (Å²) in [4.78, 5) is 12.6. The lowest BCUT2D eigenvalue weighted by atomic mass is 9.72. The number of hydrogen-bond donors (Lipinski definition) is 6. The van der Waals surface area contributed by atoms with Crippen molar-refractivity contribution in [3.05, 3.63) is 0 Å². The first kappa shape index (κ1) is 26.8. The summed E-state index contributed by atoms with van der Waals surface area (Å²) in [7, 11) is 0. The van der Waals surface area contributed by atoms with Crippen LogP contribution in [-0.2, 0) is 9.53 Å². The lowest BCUT2D eigenvalue weighted by Crippen LogP contribution is -2.57. The first-order valence-corrected chi connectivity index (χ1v) is 10.5. The Kier molecular flexibility index (Phi) is 8.84. The third-order valence-electron chi connectivity index (χ3n) is 6.96. The van der Waals surface area contributed by atoms with Gasteiger partial charge in [0.25, 0.3) is 0 Å². The van der Waals surface area contributed by atoms with Crippen LogP contribution < -0.4 is 0 Å². The molecule has 0 aromatic carbocycles. The highest BCUT2D eigenvalue weighted by Gasteiger charge is 2.48. The van der Waals surface area contributed by atoms with Crippen LogP contribution in [-0.4, -0.2) is 78.0 Å². The van der Waals surface area contributed by atoms with Crippen molar-refractivity contribution in [1.29, 1.82) is 0 Å². The molecule has 0 aromatic rings. The van der Waals surface area contributed by atoms with E-state index in [1.165, 1.54) is 27.7 Å². The molecule has 1 rings (SSSR count). The Morgan fingerprint density at radius 1 is 1.07 bits per heavy atom. The van der Waals surface area contributed by atoms with Crippen molar-refractivity contribution in [1.82, 2.24) is 0 Å². The predicted octanol–water partition coefficient (Wildman–Crippen LogP) is 0.671. The lowest BCUT2D eigenvalue weighted by Gasteiger charge is -2.42. The molecule has 176 valence electrons. The molecule has 10 atom stereocenters. The summed E-state index contributed by atoms with van der Waals surface area (Å²) >= 11 is 0. The summed E-state index contributed by atoms with van der Waals surface area (Å²) in [5.41, 5.74) is -3.43. The van der Waals surface area contributed by atoms with Crippen LogP contribution in [0.4, 0.5) is 0 Å². The molecule has 30 heavy (non-hydrogen) atoms. The molecule has 0 amide bonds. The van der Waals surface area contributed by atoms with Crippen LogP contribution in [0.15, 0.2) is 5.16 Å². The van der Waals surface area contributed by atoms with Gasteiger partial charge >= 0.3 is 5.97 Å². The van der Waals surface area contributed by atoms with E-state index in [-0.39, 0.29) is 18.6 Å². The first-order valence-electron chi connectivity index (χ1n) is 10.5. The van der Waals surface area contributed by atoms with Gasteiger partial charge in [-0.05, 0) is 27.2 Å². The normalized spacial score (nSPS) is 48.8. The van der Waals surface area contributed by atoms with E-state index >= 15 is 0 Å². The minimum atomic E-state index is -1.90. The molecular formula is C21H39NO8. The zero-order chi connectivity index (χ0) is 23.6. The van der Waals surface area contributed by atoms with E-state index in [4.69, 9.17) is 4.74 Å². The molecule has 1 aliphatic rings. The molecule has 10 unspecified atom stereocenters. The van der Waals surface area contributed by atoms with Gasteiger partial charge in [-0.1, -0.05) is 32.9 Å². The Balaban J connectivity index is 3.52. The molecule has 0 bridgehead atoms. The fraction of sp³-hybridized carbons (Fsp3) is 0.905. The highest BCUT2D eigenvalue weighted by Crippen LogP contribution is 2.35. The van der Waals surface area contributed by atoms with Gasteiger partial charge in [0.1, 0.15) is 11.7 Å². The SMILES string of the molecule is CCC1OC(=O)C(C)C(O)C(C)C(O)CC(C)(O)C(C)C(=NO)C(C)C(O)C1(C)O. The fourth-order valence-electron chi connectivity index (χ4n) is 4.22. The van der Waals surface area contributed by atoms with Crippen LogP contribution in [0.25, 0.3) is 0 Å². The number of ether oxygens (including phenoxy) is 1. The van der Waals surface area contributed by atoms with Gasteiger partial charge in [0, 0.05) is 24.2 Å². The summed E-state index contributed by atoms with van der Waals surface area (Å²) in [6.07, 6.45) is -5.02. The van der Waals surface area contributed by atoms with Crippen molar-refractivity contribution in [2.75, 3.05) is 0 Å². The molecule has 1 heterocycles. The summed E-state index contributed by atoms with van der Waals surface area (Å²) in [5.74, 6) is -4.26. The monoisotopic (exact) mass is 433 g/mol. The smallest absolute Gasteiger partial charge is 0.311 e. The zero-order valence-electron chi connectivity index (χ0n) is 19.0. The van der Waals surface area contributed by atoms with Crippen LogP contribution in [0.3, 0.4) is 0 Å². The quantitative estimate of drug-likeness (QED) is 0.200. The van der Waals surface area contributed by atoms with Crippen LogP contribution in [0.1, 0.15) is 61.3 Å². The minimum absolute atomic E-state index is 0.0276. The molecular weight excluding hydrogens is 394 g/mol. The fourth-order valence-corrected chi connectivity index (χ4v) is 4.22. The number of aliphatic hydroxyl groups excluding tert-OH is 3. The number of carbonyl (C=O) groups is 1. The van der Waals surface area contributed by atoms with Gasteiger partial charge in [-0.25, -0.2) is 0 Å². The van der Waals surface area contributed by atoms with E-state index in [0.29, 0.717) is 0 Å². The molecule has 0 spiro atoms. The molecule has 0 aromatic heterocycles. The Morgan fingerprint density at radius 2 is 1.60 bits per heavy atom. The molecule has 1 fully saturated rings. The number of nitrogens with zero attached hydrogens (tertiary/aromatic N) is 1. The average Bonchev–Trinajstić information content (AvgIpc) is 2.68. The lowest BCUT2D eigenvalue weighted by molar-refractivity contribution is -0.190. The number of oxime groups is 1. The Morgan fingerprint density at radius 3 is 2.07 bits per heavy atom. The van der Waals surface area contributed by atoms with E-state index in [2.05, 4.69) is 5.16 Å². The second-order valence-corrected chi connectivity index (χ2v) is 9.31. The van der Waals surface area contributed by atoms with Crippen molar-refractivity contribution < 1.29 is 40.3 Å². The van der Waals surface area contributed by atoms with E-state index in [9.17, 15) is 35.5 Å². The highest BCUT2D eigenvalue weighted by molar-refractivity contribution is 5.89. The van der Waals surface area contributed by atoms with E-state index < -0.39 is 65.3 Å². The van der Waals surface area contributed by atoms with Gasteiger partial charge in [-0.15, -0.1) is 0 Å². The second kappa shape index (κ2) is 9.91. The first-order chi connectivity index (χ1) is 13.6. The van der Waals surface area contributed by atoms with Crippen LogP contribution >= 0.6 is 0 Å². The summed E-state index contributed by atoms with van der Waals surface area (Å²) in [6, 6.07) is 0. The van der Waals surface area contributed by atoms with Crippen LogP contribution in [0, 0.1) is 23.7 Å². The topological polar surface area (TPSA) is 160 Å². The molecule has 0 radical (unpaired) electrons. The Labute approximate surface area is 178 Å². The summed E-state index contributed by atoms with van der Waals surface area (Å²) < 4.78 is 5.44. The summed E-state index contributed by atoms with van der Waals surface area (Å²) in [5, 5.41) is 67.0. The molecule has 1 aliphatic heterocycles. The molecule has 9 nitrogen and oxygen atoms in total. The van der Waals surface area contributed by atoms with E-state index in [1.807, 2.05) is 0 Å². The highest BCUT2D eigenvalue weighted by atomic mass is 16.6. The standard InChI is InChI=1S/C21H39NO8/c1-8-15-21(7,28)18(25)11(3)16(22-29)13(5)20(6,27)9-14(23)10(2)17(24)12(4)19(26)30-15/h10-15,17-18,23-25,27-29H,8-9H2,1-7H3. The molecule has 1 saturated heterocycles. The maximum atomic E-state index is 12.6. The minimum Gasteiger partial charge on any atom is -0.459 e. The van der Waals surface area contributed by atoms with Crippen molar-refractivity contribution in [2.24, 2.45) is 28.8 Å². The predicted molar refractivity (Wildman–Crippen MR) is 110 cm³/mol. The number of cyclic esters (lactones) is 1. The third-order valence-corrected chi connectivity index (χ3v) is 6.96. The third kappa shape index (κ3) is 5.31. The van der Waals surface area contributed by atoms with Crippen LogP contribution in [0.5, 0.6) is 0 Å². The van der Waals surface area contributed by atoms with Gasteiger partial charge in [0.2, 0.25) is 0 Å². The molecule has 0 saturated carbocycles. The number of carbonyl (C=O) groups excluding carboxylic acids is 1. The van der Waals surface area contributed by atoms with Crippen LogP contribution in [0.2, 0.25) is 0 Å². The number of hydrogen-bond acceptors (Lipinski definition) is 9. The number of esters is 1. The maximum absolute atomic E-state index is 12.6. The zero-order valence-corrected chi connectivity index (χ0v) is 19.0. The average molecular weight is 434 g/mol. The van der Waals surface area contributed by atoms with Gasteiger partial charge < -0.3 is 35.5 Å². The Bertz CT molecular complexity index is 620. The van der Waals surface area contributed by atoms with Gasteiger partial charge in [-0.3, -0.25) is 4.79 Å². The van der Waals surface area contributed by atoms with Gasteiger partial charge in [0.05, 0.1) is 35.5 Å². The maximum Gasteiger partial charge on any atom is 0.311 e. The number of aliphatic hydroxyl groups is 5. The second-order valence-electron chi connectivity index (χ2n) is 9.31.